The highest BCUT2D eigenvalue weighted by atomic mass is 32.1. The van der Waals surface area contributed by atoms with E-state index in [-0.39, 0.29) is 11.7 Å². The maximum atomic E-state index is 11.8. The molecule has 35 heavy (non-hydrogen) atoms. The van der Waals surface area contributed by atoms with Gasteiger partial charge in [0.2, 0.25) is 5.91 Å². The molecule has 9 heteroatoms. The number of piperazine rings is 1. The first-order valence-electron chi connectivity index (χ1n) is 11.7. The number of fused-ring (bicyclic) bond motifs is 1. The topological polar surface area (TPSA) is 82.0 Å². The van der Waals surface area contributed by atoms with Crippen LogP contribution in [-0.4, -0.2) is 89.8 Å². The van der Waals surface area contributed by atoms with Gasteiger partial charge in [0.05, 0.1) is 34.9 Å². The van der Waals surface area contributed by atoms with E-state index < -0.39 is 0 Å². The SMILES string of the molecule is C=CC(=O)N1CCN(CC#Cc2cc3nc(-c4cccc(O)c4)nc(N4CCOCC4)c3s2)CC1. The lowest BCUT2D eigenvalue weighted by Gasteiger charge is -2.33. The Hall–Kier alpha value is -3.45. The minimum absolute atomic E-state index is 0.0109. The highest BCUT2D eigenvalue weighted by Gasteiger charge is 2.21. The van der Waals surface area contributed by atoms with Crippen LogP contribution < -0.4 is 4.90 Å². The van der Waals surface area contributed by atoms with Gasteiger partial charge in [0.15, 0.2) is 11.6 Å². The summed E-state index contributed by atoms with van der Waals surface area (Å²) >= 11 is 1.61. The second-order valence-electron chi connectivity index (χ2n) is 8.45. The summed E-state index contributed by atoms with van der Waals surface area (Å²) in [7, 11) is 0. The van der Waals surface area contributed by atoms with E-state index in [1.165, 1.54) is 6.08 Å². The minimum atomic E-state index is -0.0109. The van der Waals surface area contributed by atoms with Crippen molar-refractivity contribution in [3.8, 4) is 29.0 Å². The van der Waals surface area contributed by atoms with Gasteiger partial charge in [-0.2, -0.15) is 0 Å². The molecular formula is C26H27N5O3S. The van der Waals surface area contributed by atoms with Gasteiger partial charge in [0, 0.05) is 44.8 Å². The van der Waals surface area contributed by atoms with Crippen molar-refractivity contribution in [3.05, 3.63) is 47.9 Å². The van der Waals surface area contributed by atoms with Crippen molar-refractivity contribution >= 4 is 33.3 Å². The van der Waals surface area contributed by atoms with Crippen molar-refractivity contribution in [1.82, 2.24) is 19.8 Å². The Labute approximate surface area is 208 Å². The lowest BCUT2D eigenvalue weighted by Crippen LogP contribution is -2.48. The van der Waals surface area contributed by atoms with Crippen molar-refractivity contribution in [1.29, 1.82) is 0 Å². The van der Waals surface area contributed by atoms with Crippen LogP contribution in [0.15, 0.2) is 43.0 Å². The molecule has 2 saturated heterocycles. The molecule has 8 nitrogen and oxygen atoms in total. The summed E-state index contributed by atoms with van der Waals surface area (Å²) in [6, 6.07) is 9.04. The summed E-state index contributed by atoms with van der Waals surface area (Å²) in [6.45, 7) is 10.1. The average molecular weight is 490 g/mol. The summed E-state index contributed by atoms with van der Waals surface area (Å²) in [5.74, 6) is 8.24. The number of phenols is 1. The number of amides is 1. The van der Waals surface area contributed by atoms with E-state index in [1.54, 1.807) is 29.5 Å². The molecule has 3 aromatic rings. The zero-order valence-corrected chi connectivity index (χ0v) is 20.3. The van der Waals surface area contributed by atoms with Crippen LogP contribution in [-0.2, 0) is 9.53 Å². The Kier molecular flexibility index (Phi) is 6.95. The standard InChI is InChI=1S/C26H27N5O3S/c1-2-23(33)30-11-9-29(10-12-30)8-4-7-21-18-22-24(35-21)26(31-13-15-34-16-14-31)28-25(27-22)19-5-3-6-20(32)17-19/h2-3,5-6,17-18,32H,1,8-16H2. The Balaban J connectivity index is 1.39. The summed E-state index contributed by atoms with van der Waals surface area (Å²) in [5, 5.41) is 9.94. The van der Waals surface area contributed by atoms with E-state index in [0.29, 0.717) is 38.7 Å². The zero-order chi connectivity index (χ0) is 24.2. The van der Waals surface area contributed by atoms with Crippen molar-refractivity contribution in [2.45, 2.75) is 0 Å². The fraction of sp³-hybridized carbons (Fsp3) is 0.346. The van der Waals surface area contributed by atoms with Crippen LogP contribution in [0.4, 0.5) is 5.82 Å². The van der Waals surface area contributed by atoms with Crippen molar-refractivity contribution in [2.75, 3.05) is 63.9 Å². The van der Waals surface area contributed by atoms with E-state index in [2.05, 4.69) is 28.2 Å². The van der Waals surface area contributed by atoms with Crippen LogP contribution >= 0.6 is 11.3 Å². The van der Waals surface area contributed by atoms with Crippen LogP contribution in [0.25, 0.3) is 21.6 Å². The van der Waals surface area contributed by atoms with Crippen LogP contribution in [0.1, 0.15) is 4.88 Å². The molecule has 0 saturated carbocycles. The van der Waals surface area contributed by atoms with E-state index >= 15 is 0 Å². The number of morpholine rings is 1. The van der Waals surface area contributed by atoms with Gasteiger partial charge < -0.3 is 19.6 Å². The number of rotatable bonds is 4. The molecule has 0 atom stereocenters. The van der Waals surface area contributed by atoms with Gasteiger partial charge in [-0.25, -0.2) is 9.97 Å². The predicted molar refractivity (Wildman–Crippen MR) is 138 cm³/mol. The quantitative estimate of drug-likeness (QED) is 0.446. The van der Waals surface area contributed by atoms with Crippen molar-refractivity contribution < 1.29 is 14.6 Å². The largest absolute Gasteiger partial charge is 0.508 e. The third-order valence-corrected chi connectivity index (χ3v) is 7.18. The summed E-state index contributed by atoms with van der Waals surface area (Å²) < 4.78 is 6.55. The minimum Gasteiger partial charge on any atom is -0.508 e. The van der Waals surface area contributed by atoms with E-state index in [9.17, 15) is 9.90 Å². The molecule has 0 unspecified atom stereocenters. The van der Waals surface area contributed by atoms with E-state index in [4.69, 9.17) is 14.7 Å². The molecule has 2 fully saturated rings. The van der Waals surface area contributed by atoms with Crippen molar-refractivity contribution in [3.63, 3.8) is 0 Å². The third-order valence-electron chi connectivity index (χ3n) is 6.14. The fourth-order valence-electron chi connectivity index (χ4n) is 4.23. The summed E-state index contributed by atoms with van der Waals surface area (Å²) in [4.78, 5) is 28.7. The first-order valence-corrected chi connectivity index (χ1v) is 12.5. The molecule has 0 spiro atoms. The van der Waals surface area contributed by atoms with Crippen molar-refractivity contribution in [2.24, 2.45) is 0 Å². The molecule has 2 aromatic heterocycles. The number of anilines is 1. The number of carbonyl (C=O) groups excluding carboxylic acids is 1. The smallest absolute Gasteiger partial charge is 0.246 e. The van der Waals surface area contributed by atoms with Gasteiger partial charge in [-0.15, -0.1) is 11.3 Å². The predicted octanol–water partition coefficient (Wildman–Crippen LogP) is 2.58. The summed E-state index contributed by atoms with van der Waals surface area (Å²) in [5.41, 5.74) is 1.63. The molecule has 4 heterocycles. The lowest BCUT2D eigenvalue weighted by molar-refractivity contribution is -0.127. The van der Waals surface area contributed by atoms with Gasteiger partial charge in [0.25, 0.3) is 0 Å². The zero-order valence-electron chi connectivity index (χ0n) is 19.4. The molecule has 2 aliphatic rings. The third kappa shape index (κ3) is 5.30. The number of carbonyl (C=O) groups is 1. The Morgan fingerprint density at radius 2 is 1.94 bits per heavy atom. The first kappa shape index (κ1) is 23.3. The van der Waals surface area contributed by atoms with Crippen LogP contribution in [0.3, 0.4) is 0 Å². The Bertz CT molecular complexity index is 1300. The highest BCUT2D eigenvalue weighted by Crippen LogP contribution is 2.34. The molecular weight excluding hydrogens is 462 g/mol. The number of phenolic OH excluding ortho intramolecular Hbond substituents is 1. The second kappa shape index (κ2) is 10.4. The number of benzene rings is 1. The normalized spacial score (nSPS) is 16.7. The first-order chi connectivity index (χ1) is 17.1. The molecule has 1 amide bonds. The number of aromatic nitrogens is 2. The maximum Gasteiger partial charge on any atom is 0.246 e. The Morgan fingerprint density at radius 1 is 1.14 bits per heavy atom. The number of hydrogen-bond donors (Lipinski definition) is 1. The molecule has 0 aliphatic carbocycles. The van der Waals surface area contributed by atoms with Crippen LogP contribution in [0.2, 0.25) is 0 Å². The number of ether oxygens (including phenoxy) is 1. The van der Waals surface area contributed by atoms with Gasteiger partial charge in [0.1, 0.15) is 5.75 Å². The monoisotopic (exact) mass is 489 g/mol. The molecule has 0 bridgehead atoms. The van der Waals surface area contributed by atoms with Crippen LogP contribution in [0, 0.1) is 11.8 Å². The number of nitrogens with zero attached hydrogens (tertiary/aromatic N) is 5. The van der Waals surface area contributed by atoms with Gasteiger partial charge in [-0.05, 0) is 24.3 Å². The van der Waals surface area contributed by atoms with E-state index in [0.717, 1.165) is 52.7 Å². The fourth-order valence-corrected chi connectivity index (χ4v) is 5.22. The molecule has 5 rings (SSSR count). The molecule has 180 valence electrons. The summed E-state index contributed by atoms with van der Waals surface area (Å²) in [6.07, 6.45) is 1.37. The number of hydrogen-bond acceptors (Lipinski definition) is 8. The highest BCUT2D eigenvalue weighted by molar-refractivity contribution is 7.20. The number of aromatic hydroxyl groups is 1. The van der Waals surface area contributed by atoms with E-state index in [1.807, 2.05) is 17.0 Å². The maximum absolute atomic E-state index is 11.8. The van der Waals surface area contributed by atoms with Gasteiger partial charge >= 0.3 is 0 Å². The Morgan fingerprint density at radius 3 is 2.69 bits per heavy atom. The average Bonchev–Trinajstić information content (AvgIpc) is 3.31. The molecule has 1 aromatic carbocycles. The molecule has 1 N–H and O–H groups in total. The lowest BCUT2D eigenvalue weighted by atomic mass is 10.2. The van der Waals surface area contributed by atoms with Crippen LogP contribution in [0.5, 0.6) is 5.75 Å². The second-order valence-corrected chi connectivity index (χ2v) is 9.51. The number of thiophene rings is 1. The van der Waals surface area contributed by atoms with Gasteiger partial charge in [-0.1, -0.05) is 30.6 Å². The van der Waals surface area contributed by atoms with Gasteiger partial charge in [-0.3, -0.25) is 9.69 Å². The molecule has 0 radical (unpaired) electrons. The molecule has 2 aliphatic heterocycles.